The van der Waals surface area contributed by atoms with Crippen molar-refractivity contribution in [3.05, 3.63) is 35.6 Å². The highest BCUT2D eigenvalue weighted by Gasteiger charge is 2.20. The molecule has 0 spiro atoms. The van der Waals surface area contributed by atoms with Gasteiger partial charge in [0.2, 0.25) is 0 Å². The Bertz CT molecular complexity index is 463. The maximum atomic E-state index is 5.74. The fourth-order valence-electron chi connectivity index (χ4n) is 1.46. The molecular weight excluding hydrogens is 240 g/mol. The van der Waals surface area contributed by atoms with E-state index in [1.54, 1.807) is 0 Å². The van der Waals surface area contributed by atoms with Gasteiger partial charge in [-0.3, -0.25) is 0 Å². The maximum Gasteiger partial charge on any atom is 0.134 e. The van der Waals surface area contributed by atoms with Crippen LogP contribution in [0, 0.1) is 6.92 Å². The highest BCUT2D eigenvalue weighted by atomic mass is 79.9. The molecule has 1 nitrogen and oxygen atoms in total. The van der Waals surface area contributed by atoms with Crippen LogP contribution >= 0.6 is 15.9 Å². The predicted molar refractivity (Wildman–Crippen MR) is 62.9 cm³/mol. The monoisotopic (exact) mass is 252 g/mol. The molecule has 0 bridgehead atoms. The third kappa shape index (κ3) is 1.71. The largest absolute Gasteiger partial charge is 0.460 e. The van der Waals surface area contributed by atoms with Gasteiger partial charge in [-0.2, -0.15) is 0 Å². The molecule has 1 heterocycles. The summed E-state index contributed by atoms with van der Waals surface area (Å²) in [4.78, 5) is 0. The Morgan fingerprint density at radius 3 is 2.57 bits per heavy atom. The zero-order chi connectivity index (χ0) is 10.3. The Morgan fingerprint density at radius 1 is 1.21 bits per heavy atom. The summed E-state index contributed by atoms with van der Waals surface area (Å²) in [7, 11) is 0. The molecule has 0 N–H and O–H groups in total. The van der Waals surface area contributed by atoms with E-state index in [0.717, 1.165) is 11.3 Å². The van der Waals surface area contributed by atoms with Crippen molar-refractivity contribution in [1.29, 1.82) is 0 Å². The minimum atomic E-state index is -0.0973. The summed E-state index contributed by atoms with van der Waals surface area (Å²) in [6.07, 6.45) is 0. The zero-order valence-corrected chi connectivity index (χ0v) is 10.2. The Hall–Kier alpha value is -0.760. The van der Waals surface area contributed by atoms with Gasteiger partial charge in [-0.05, 0) is 39.0 Å². The number of rotatable bonds is 1. The van der Waals surface area contributed by atoms with E-state index in [-0.39, 0.29) is 4.32 Å². The van der Waals surface area contributed by atoms with Gasteiger partial charge in [-0.15, -0.1) is 0 Å². The second-order valence-electron chi connectivity index (χ2n) is 4.12. The second-order valence-corrected chi connectivity index (χ2v) is 6.11. The molecule has 14 heavy (non-hydrogen) atoms. The number of aryl methyl sites for hydroxylation is 1. The quantitative estimate of drug-likeness (QED) is 0.688. The fourth-order valence-corrected chi connectivity index (χ4v) is 1.65. The van der Waals surface area contributed by atoms with Gasteiger partial charge in [-0.1, -0.05) is 27.6 Å². The van der Waals surface area contributed by atoms with Gasteiger partial charge in [0.1, 0.15) is 11.3 Å². The van der Waals surface area contributed by atoms with Crippen molar-refractivity contribution in [2.75, 3.05) is 0 Å². The average Bonchev–Trinajstić information content (AvgIpc) is 2.45. The van der Waals surface area contributed by atoms with Crippen LogP contribution in [0.5, 0.6) is 0 Å². The van der Waals surface area contributed by atoms with Gasteiger partial charge in [0.25, 0.3) is 0 Å². The van der Waals surface area contributed by atoms with Crippen LogP contribution in [0.15, 0.2) is 28.7 Å². The van der Waals surface area contributed by atoms with E-state index in [1.807, 2.05) is 6.07 Å². The van der Waals surface area contributed by atoms with Gasteiger partial charge in [0.05, 0.1) is 4.32 Å². The summed E-state index contributed by atoms with van der Waals surface area (Å²) < 4.78 is 5.64. The molecule has 1 aromatic carbocycles. The Balaban J connectivity index is 2.63. The van der Waals surface area contributed by atoms with Crippen LogP contribution < -0.4 is 0 Å². The third-order valence-electron chi connectivity index (χ3n) is 2.26. The molecule has 0 atom stereocenters. The second kappa shape index (κ2) is 3.13. The summed E-state index contributed by atoms with van der Waals surface area (Å²) in [5.41, 5.74) is 2.22. The van der Waals surface area contributed by atoms with Crippen LogP contribution in [-0.4, -0.2) is 0 Å². The van der Waals surface area contributed by atoms with Crippen LogP contribution in [0.25, 0.3) is 11.0 Å². The lowest BCUT2D eigenvalue weighted by atomic mass is 10.1. The number of furan rings is 1. The van der Waals surface area contributed by atoms with E-state index >= 15 is 0 Å². The molecule has 2 heteroatoms. The van der Waals surface area contributed by atoms with Crippen LogP contribution in [0.4, 0.5) is 0 Å². The lowest BCUT2D eigenvalue weighted by Gasteiger charge is -2.11. The number of halogens is 1. The Morgan fingerprint density at radius 2 is 1.93 bits per heavy atom. The maximum absolute atomic E-state index is 5.74. The minimum Gasteiger partial charge on any atom is -0.460 e. The zero-order valence-electron chi connectivity index (χ0n) is 8.60. The average molecular weight is 253 g/mol. The van der Waals surface area contributed by atoms with E-state index < -0.39 is 0 Å². The number of benzene rings is 1. The molecule has 74 valence electrons. The van der Waals surface area contributed by atoms with Crippen LogP contribution in [0.2, 0.25) is 0 Å². The molecule has 0 saturated carbocycles. The first-order valence-corrected chi connectivity index (χ1v) is 5.46. The standard InChI is InChI=1S/C12H13BrO/c1-8-4-5-10-9(6-8)7-11(14-10)12(2,3)13/h4-7H,1-3H3. The predicted octanol–water partition coefficient (Wildman–Crippen LogP) is 4.37. The van der Waals surface area contributed by atoms with Crippen molar-refractivity contribution >= 4 is 26.9 Å². The van der Waals surface area contributed by atoms with Crippen LogP contribution in [0.3, 0.4) is 0 Å². The van der Waals surface area contributed by atoms with Crippen molar-refractivity contribution in [3.63, 3.8) is 0 Å². The molecule has 0 aliphatic carbocycles. The Kier molecular flexibility index (Phi) is 2.18. The van der Waals surface area contributed by atoms with Crippen LogP contribution in [0.1, 0.15) is 25.2 Å². The van der Waals surface area contributed by atoms with Gasteiger partial charge >= 0.3 is 0 Å². The van der Waals surface area contributed by atoms with E-state index in [4.69, 9.17) is 4.42 Å². The molecular formula is C12H13BrO. The fraction of sp³-hybridized carbons (Fsp3) is 0.333. The molecule has 2 aromatic rings. The molecule has 0 unspecified atom stereocenters. The lowest BCUT2D eigenvalue weighted by Crippen LogP contribution is -2.03. The van der Waals surface area contributed by atoms with E-state index in [1.165, 1.54) is 10.9 Å². The third-order valence-corrected chi connectivity index (χ3v) is 2.65. The molecule has 0 saturated heterocycles. The van der Waals surface area contributed by atoms with Crippen molar-refractivity contribution in [3.8, 4) is 0 Å². The van der Waals surface area contributed by atoms with Gasteiger partial charge in [0, 0.05) is 5.39 Å². The van der Waals surface area contributed by atoms with Crippen molar-refractivity contribution in [2.45, 2.75) is 25.1 Å². The highest BCUT2D eigenvalue weighted by Crippen LogP contribution is 2.34. The number of hydrogen-bond acceptors (Lipinski definition) is 1. The first-order valence-electron chi connectivity index (χ1n) is 4.66. The molecule has 2 rings (SSSR count). The van der Waals surface area contributed by atoms with Crippen molar-refractivity contribution in [1.82, 2.24) is 0 Å². The van der Waals surface area contributed by atoms with Gasteiger partial charge < -0.3 is 4.42 Å². The highest BCUT2D eigenvalue weighted by molar-refractivity contribution is 9.09. The SMILES string of the molecule is Cc1ccc2oc(C(C)(C)Br)cc2c1. The topological polar surface area (TPSA) is 13.1 Å². The molecule has 0 aliphatic rings. The Labute approximate surface area is 92.2 Å². The molecule has 0 amide bonds. The van der Waals surface area contributed by atoms with Gasteiger partial charge in [-0.25, -0.2) is 0 Å². The molecule has 0 fully saturated rings. The van der Waals surface area contributed by atoms with Gasteiger partial charge in [0.15, 0.2) is 0 Å². The minimum absolute atomic E-state index is 0.0973. The van der Waals surface area contributed by atoms with E-state index in [0.29, 0.717) is 0 Å². The van der Waals surface area contributed by atoms with E-state index in [9.17, 15) is 0 Å². The first-order chi connectivity index (χ1) is 6.47. The number of fused-ring (bicyclic) bond motifs is 1. The van der Waals surface area contributed by atoms with Crippen molar-refractivity contribution in [2.24, 2.45) is 0 Å². The van der Waals surface area contributed by atoms with E-state index in [2.05, 4.69) is 54.9 Å². The number of hydrogen-bond donors (Lipinski definition) is 0. The summed E-state index contributed by atoms with van der Waals surface area (Å²) in [6, 6.07) is 8.32. The first kappa shape index (κ1) is 9.78. The smallest absolute Gasteiger partial charge is 0.134 e. The lowest BCUT2D eigenvalue weighted by molar-refractivity contribution is 0.505. The van der Waals surface area contributed by atoms with Crippen molar-refractivity contribution < 1.29 is 4.42 Å². The molecule has 1 aromatic heterocycles. The summed E-state index contributed by atoms with van der Waals surface area (Å²) >= 11 is 3.59. The summed E-state index contributed by atoms with van der Waals surface area (Å²) in [5, 5.41) is 1.17. The van der Waals surface area contributed by atoms with Crippen LogP contribution in [-0.2, 0) is 4.32 Å². The molecule has 0 aliphatic heterocycles. The summed E-state index contributed by atoms with van der Waals surface area (Å²) in [5.74, 6) is 0.970. The normalized spacial score (nSPS) is 12.3. The molecule has 0 radical (unpaired) electrons. The number of alkyl halides is 1. The summed E-state index contributed by atoms with van der Waals surface area (Å²) in [6.45, 7) is 6.25.